The molecule has 13 rings (SSSR count). The molecule has 0 aliphatic carbocycles. The number of furan rings is 1. The Morgan fingerprint density at radius 3 is 1.17 bits per heavy atom. The van der Waals surface area contributed by atoms with E-state index >= 15 is 0 Å². The van der Waals surface area contributed by atoms with Crippen molar-refractivity contribution in [1.29, 1.82) is 0 Å². The van der Waals surface area contributed by atoms with E-state index < -0.39 is 0 Å². The van der Waals surface area contributed by atoms with Gasteiger partial charge < -0.3 is 18.1 Å². The summed E-state index contributed by atoms with van der Waals surface area (Å²) in [5.41, 5.74) is 14.6. The van der Waals surface area contributed by atoms with E-state index in [0.29, 0.717) is 0 Å². The third-order valence-corrected chi connectivity index (χ3v) is 12.2. The molecule has 0 fully saturated rings. The van der Waals surface area contributed by atoms with Gasteiger partial charge in [0.1, 0.15) is 11.2 Å². The van der Waals surface area contributed by atoms with Crippen LogP contribution in [0.4, 0.5) is 0 Å². The van der Waals surface area contributed by atoms with E-state index in [1.54, 1.807) is 0 Å². The average Bonchev–Trinajstić information content (AvgIpc) is 4.02. The highest BCUT2D eigenvalue weighted by Crippen LogP contribution is 2.41. The number of aromatic nitrogens is 3. The summed E-state index contributed by atoms with van der Waals surface area (Å²) in [6, 6.07) is 72.5. The zero-order valence-corrected chi connectivity index (χ0v) is 31.3. The second-order valence-electron chi connectivity index (χ2n) is 15.3. The highest BCUT2D eigenvalue weighted by atomic mass is 16.3. The molecule has 4 heteroatoms. The van der Waals surface area contributed by atoms with Gasteiger partial charge in [0.15, 0.2) is 0 Å². The molecular weight excluding hydrogens is 707 g/mol. The monoisotopic (exact) mass is 739 g/mol. The number of rotatable bonds is 4. The maximum absolute atomic E-state index is 6.47. The molecule has 0 amide bonds. The van der Waals surface area contributed by atoms with Crippen molar-refractivity contribution in [2.75, 3.05) is 0 Å². The van der Waals surface area contributed by atoms with E-state index in [-0.39, 0.29) is 0 Å². The Morgan fingerprint density at radius 1 is 0.241 bits per heavy atom. The van der Waals surface area contributed by atoms with Crippen LogP contribution in [0.15, 0.2) is 205 Å². The zero-order chi connectivity index (χ0) is 37.9. The maximum Gasteiger partial charge on any atom is 0.135 e. The van der Waals surface area contributed by atoms with Gasteiger partial charge in [-0.05, 0) is 108 Å². The molecule has 0 spiro atoms. The third kappa shape index (κ3) is 4.40. The van der Waals surface area contributed by atoms with Crippen LogP contribution in [0.5, 0.6) is 0 Å². The van der Waals surface area contributed by atoms with Gasteiger partial charge in [0.2, 0.25) is 0 Å². The highest BCUT2D eigenvalue weighted by Gasteiger charge is 2.19. The van der Waals surface area contributed by atoms with Crippen molar-refractivity contribution in [2.45, 2.75) is 0 Å². The van der Waals surface area contributed by atoms with Crippen molar-refractivity contribution in [3.8, 4) is 28.2 Å². The Balaban J connectivity index is 1.01. The molecule has 0 N–H and O–H groups in total. The molecule has 4 aromatic heterocycles. The van der Waals surface area contributed by atoms with Crippen molar-refractivity contribution in [1.82, 2.24) is 13.7 Å². The van der Waals surface area contributed by atoms with Crippen molar-refractivity contribution in [3.63, 3.8) is 0 Å². The molecule has 0 saturated carbocycles. The Bertz CT molecular complexity index is 3690. The summed E-state index contributed by atoms with van der Waals surface area (Å²) in [5, 5.41) is 9.67. The maximum atomic E-state index is 6.47. The van der Waals surface area contributed by atoms with Gasteiger partial charge >= 0.3 is 0 Å². The minimum atomic E-state index is 0.885. The van der Waals surface area contributed by atoms with Crippen molar-refractivity contribution < 1.29 is 4.42 Å². The fraction of sp³-hybridized carbons (Fsp3) is 0. The molecule has 13 aromatic rings. The second-order valence-corrected chi connectivity index (χ2v) is 15.3. The predicted octanol–water partition coefficient (Wildman–Crippen LogP) is 14.5. The lowest BCUT2D eigenvalue weighted by atomic mass is 10.0. The Morgan fingerprint density at radius 2 is 0.603 bits per heavy atom. The largest absolute Gasteiger partial charge is 0.456 e. The van der Waals surface area contributed by atoms with Crippen LogP contribution in [-0.2, 0) is 0 Å². The molecule has 0 bridgehead atoms. The van der Waals surface area contributed by atoms with Crippen LogP contribution in [0.3, 0.4) is 0 Å². The fourth-order valence-electron chi connectivity index (χ4n) is 9.67. The van der Waals surface area contributed by atoms with Gasteiger partial charge in [0, 0.05) is 60.2 Å². The summed E-state index contributed by atoms with van der Waals surface area (Å²) in [6.45, 7) is 0. The normalized spacial score (nSPS) is 12.1. The van der Waals surface area contributed by atoms with Crippen LogP contribution >= 0.6 is 0 Å². The van der Waals surface area contributed by atoms with Crippen LogP contribution in [0.2, 0.25) is 0 Å². The second kappa shape index (κ2) is 11.8. The number of fused-ring (bicyclic) bond motifs is 12. The molecule has 0 atom stereocenters. The van der Waals surface area contributed by atoms with Crippen molar-refractivity contribution in [2.24, 2.45) is 0 Å². The number of benzene rings is 9. The molecule has 0 aliphatic rings. The summed E-state index contributed by atoms with van der Waals surface area (Å²) in [6.07, 6.45) is 0. The topological polar surface area (TPSA) is 27.9 Å². The van der Waals surface area contributed by atoms with E-state index in [1.165, 1.54) is 65.4 Å². The SMILES string of the molecule is c1ccc(-n2c3ccc(-c4ccc5oc6ccc(-n7c8ccccc8c8ccccc87)cc6c5c4)cc3c3cc(-n4c5ccccc5c5ccccc54)ccc32)cc1. The van der Waals surface area contributed by atoms with E-state index in [0.717, 1.165) is 50.1 Å². The zero-order valence-electron chi connectivity index (χ0n) is 31.3. The number of hydrogen-bond donors (Lipinski definition) is 0. The van der Waals surface area contributed by atoms with Gasteiger partial charge in [-0.15, -0.1) is 0 Å². The van der Waals surface area contributed by atoms with Gasteiger partial charge in [-0.25, -0.2) is 0 Å². The molecule has 0 aliphatic heterocycles. The predicted molar refractivity (Wildman–Crippen MR) is 242 cm³/mol. The summed E-state index contributed by atoms with van der Waals surface area (Å²) in [4.78, 5) is 0. The Hall–Kier alpha value is -7.82. The van der Waals surface area contributed by atoms with Gasteiger partial charge in [-0.3, -0.25) is 0 Å². The minimum Gasteiger partial charge on any atom is -0.456 e. The van der Waals surface area contributed by atoms with Crippen LogP contribution in [0.1, 0.15) is 0 Å². The summed E-state index contributed by atoms with van der Waals surface area (Å²) in [7, 11) is 0. The first-order chi connectivity index (χ1) is 28.8. The van der Waals surface area contributed by atoms with Crippen LogP contribution < -0.4 is 0 Å². The van der Waals surface area contributed by atoms with Crippen molar-refractivity contribution >= 4 is 87.4 Å². The molecular formula is C54H33N3O. The fourth-order valence-corrected chi connectivity index (χ4v) is 9.67. The molecule has 0 radical (unpaired) electrons. The van der Waals surface area contributed by atoms with E-state index in [2.05, 4.69) is 214 Å². The highest BCUT2D eigenvalue weighted by molar-refractivity contribution is 6.14. The summed E-state index contributed by atoms with van der Waals surface area (Å²) < 4.78 is 13.6. The molecule has 0 unspecified atom stereocenters. The number of nitrogens with zero attached hydrogens (tertiary/aromatic N) is 3. The lowest BCUT2D eigenvalue weighted by molar-refractivity contribution is 0.669. The number of hydrogen-bond acceptors (Lipinski definition) is 1. The first-order valence-electron chi connectivity index (χ1n) is 19.8. The lowest BCUT2D eigenvalue weighted by Gasteiger charge is -2.10. The molecule has 270 valence electrons. The average molecular weight is 740 g/mol. The van der Waals surface area contributed by atoms with E-state index in [1.807, 2.05) is 0 Å². The van der Waals surface area contributed by atoms with Crippen LogP contribution in [0.25, 0.3) is 116 Å². The molecule has 4 heterocycles. The van der Waals surface area contributed by atoms with Gasteiger partial charge in [-0.2, -0.15) is 0 Å². The molecule has 4 nitrogen and oxygen atoms in total. The number of para-hydroxylation sites is 5. The quantitative estimate of drug-likeness (QED) is 0.177. The van der Waals surface area contributed by atoms with Crippen LogP contribution in [-0.4, -0.2) is 13.7 Å². The third-order valence-electron chi connectivity index (χ3n) is 12.2. The van der Waals surface area contributed by atoms with E-state index in [4.69, 9.17) is 4.42 Å². The van der Waals surface area contributed by atoms with Crippen LogP contribution in [0, 0.1) is 0 Å². The van der Waals surface area contributed by atoms with E-state index in [9.17, 15) is 0 Å². The molecule has 58 heavy (non-hydrogen) atoms. The van der Waals surface area contributed by atoms with Gasteiger partial charge in [0.05, 0.1) is 33.1 Å². The first kappa shape index (κ1) is 31.4. The standard InChI is InChI=1S/C54H33N3O/c1-2-12-36(13-3-1)55-51-26-22-34(30-43(51)44-32-37(24-27-52(44)55)56-47-18-8-4-14-39(47)40-15-5-9-19-48(40)56)35-23-28-53-45(31-35)46-33-38(25-29-54(46)58-53)57-49-20-10-6-16-41(49)42-17-7-11-21-50(42)57/h1-33H. The summed E-state index contributed by atoms with van der Waals surface area (Å²) >= 11 is 0. The summed E-state index contributed by atoms with van der Waals surface area (Å²) in [5.74, 6) is 0. The smallest absolute Gasteiger partial charge is 0.135 e. The van der Waals surface area contributed by atoms with Crippen molar-refractivity contribution in [3.05, 3.63) is 200 Å². The lowest BCUT2D eigenvalue weighted by Crippen LogP contribution is -1.95. The Kier molecular flexibility index (Phi) is 6.41. The minimum absolute atomic E-state index is 0.885. The Labute approximate surface area is 332 Å². The van der Waals surface area contributed by atoms with Gasteiger partial charge in [0.25, 0.3) is 0 Å². The molecule has 0 saturated heterocycles. The molecule has 9 aromatic carbocycles. The first-order valence-corrected chi connectivity index (χ1v) is 19.8. The van der Waals surface area contributed by atoms with Gasteiger partial charge in [-0.1, -0.05) is 103 Å².